The molecule has 0 amide bonds. The third-order valence-corrected chi connectivity index (χ3v) is 2.69. The van der Waals surface area contributed by atoms with Crippen molar-refractivity contribution in [2.45, 2.75) is 32.9 Å². The molecule has 1 atom stereocenters. The maximum atomic E-state index is 13.6. The molecule has 0 bridgehead atoms. The predicted octanol–water partition coefficient (Wildman–Crippen LogP) is 2.96. The van der Waals surface area contributed by atoms with Gasteiger partial charge in [0, 0.05) is 13.2 Å². The van der Waals surface area contributed by atoms with Gasteiger partial charge in [0.05, 0.1) is 0 Å². The maximum absolute atomic E-state index is 13.6. The van der Waals surface area contributed by atoms with Crippen molar-refractivity contribution < 1.29 is 9.13 Å². The molecule has 0 aromatic heterocycles. The molecule has 1 saturated heterocycles. The Morgan fingerprint density at radius 3 is 2.38 bits per heavy atom. The summed E-state index contributed by atoms with van der Waals surface area (Å²) in [6.07, 6.45) is 1.03. The fourth-order valence-corrected chi connectivity index (χ4v) is 1.72. The number of hydrogen-bond acceptors (Lipinski definition) is 1. The van der Waals surface area contributed by atoms with Crippen molar-refractivity contribution in [2.75, 3.05) is 13.2 Å². The molecule has 1 nitrogen and oxygen atoms in total. The normalized spacial score (nSPS) is 21.8. The lowest BCUT2D eigenvalue weighted by atomic mass is 9.86. The molecule has 76 valence electrons. The van der Waals surface area contributed by atoms with Crippen molar-refractivity contribution in [1.29, 1.82) is 0 Å². The second kappa shape index (κ2) is 4.75. The van der Waals surface area contributed by atoms with E-state index in [1.165, 1.54) is 0 Å². The van der Waals surface area contributed by atoms with Gasteiger partial charge in [-0.05, 0) is 30.3 Å². The number of hydrogen-bond donors (Lipinski definition) is 0. The van der Waals surface area contributed by atoms with E-state index in [4.69, 9.17) is 4.74 Å². The van der Waals surface area contributed by atoms with Crippen molar-refractivity contribution >= 4 is 0 Å². The van der Waals surface area contributed by atoms with Crippen LogP contribution in [-0.2, 0) is 4.74 Å². The van der Waals surface area contributed by atoms with E-state index in [-0.39, 0.29) is 5.92 Å². The zero-order valence-electron chi connectivity index (χ0n) is 8.55. The lowest BCUT2D eigenvalue weighted by Crippen LogP contribution is -2.24. The largest absolute Gasteiger partial charge is 0.381 e. The van der Waals surface area contributed by atoms with Gasteiger partial charge in [-0.15, -0.1) is 0 Å². The molecule has 1 aliphatic rings. The highest BCUT2D eigenvalue weighted by Crippen LogP contribution is 2.28. The Hall–Kier alpha value is -0.370. The average Bonchev–Trinajstić information content (AvgIpc) is 2.17. The number of halogens is 1. The summed E-state index contributed by atoms with van der Waals surface area (Å²) < 4.78 is 18.8. The van der Waals surface area contributed by atoms with E-state index in [1.807, 2.05) is 13.8 Å². The number of ether oxygens (including phenoxy) is 1. The minimum absolute atomic E-state index is 0.0512. The molecule has 13 heavy (non-hydrogen) atoms. The highest BCUT2D eigenvalue weighted by molar-refractivity contribution is 5.08. The number of alkyl halides is 1. The molecule has 2 heteroatoms. The Morgan fingerprint density at radius 2 is 1.92 bits per heavy atom. The van der Waals surface area contributed by atoms with Gasteiger partial charge >= 0.3 is 0 Å². The fourth-order valence-electron chi connectivity index (χ4n) is 1.72. The Balaban J connectivity index is 2.45. The van der Waals surface area contributed by atoms with Crippen LogP contribution in [0.5, 0.6) is 0 Å². The highest BCUT2D eigenvalue weighted by Gasteiger charge is 2.24. The molecule has 0 aromatic rings. The molecular formula is C11H19FO. The standard InChI is InChI=1S/C11H19FO/c1-8(2)11(12)9(3)10-4-6-13-7-5-10/h8,10-11H,3-7H2,1-2H3. The Labute approximate surface area is 80.0 Å². The van der Waals surface area contributed by atoms with Crippen LogP contribution in [0.25, 0.3) is 0 Å². The zero-order chi connectivity index (χ0) is 9.84. The lowest BCUT2D eigenvalue weighted by Gasteiger charge is -2.27. The van der Waals surface area contributed by atoms with Crippen LogP contribution >= 0.6 is 0 Å². The first-order chi connectivity index (χ1) is 6.13. The number of allylic oxidation sites excluding steroid dienone is 1. The first-order valence-corrected chi connectivity index (χ1v) is 5.03. The van der Waals surface area contributed by atoms with Crippen LogP contribution < -0.4 is 0 Å². The van der Waals surface area contributed by atoms with E-state index in [0.29, 0.717) is 5.92 Å². The summed E-state index contributed by atoms with van der Waals surface area (Å²) in [4.78, 5) is 0. The smallest absolute Gasteiger partial charge is 0.123 e. The van der Waals surface area contributed by atoms with Gasteiger partial charge in [-0.3, -0.25) is 0 Å². The monoisotopic (exact) mass is 186 g/mol. The molecule has 0 N–H and O–H groups in total. The van der Waals surface area contributed by atoms with Gasteiger partial charge in [0.1, 0.15) is 6.17 Å². The van der Waals surface area contributed by atoms with Gasteiger partial charge in [0.15, 0.2) is 0 Å². The first kappa shape index (κ1) is 10.7. The van der Waals surface area contributed by atoms with Crippen LogP contribution in [0.2, 0.25) is 0 Å². The third kappa shape index (κ3) is 2.80. The summed E-state index contributed by atoms with van der Waals surface area (Å²) in [6.45, 7) is 9.18. The van der Waals surface area contributed by atoms with E-state index in [1.54, 1.807) is 0 Å². The zero-order valence-corrected chi connectivity index (χ0v) is 8.55. The first-order valence-electron chi connectivity index (χ1n) is 5.03. The molecule has 1 rings (SSSR count). The Kier molecular flexibility index (Phi) is 3.91. The van der Waals surface area contributed by atoms with E-state index >= 15 is 0 Å². The predicted molar refractivity (Wildman–Crippen MR) is 52.4 cm³/mol. The Bertz CT molecular complexity index is 171. The van der Waals surface area contributed by atoms with E-state index < -0.39 is 6.17 Å². The third-order valence-electron chi connectivity index (χ3n) is 2.69. The molecule has 1 aliphatic heterocycles. The molecule has 0 aromatic carbocycles. The van der Waals surface area contributed by atoms with Gasteiger partial charge < -0.3 is 4.74 Å². The van der Waals surface area contributed by atoms with Gasteiger partial charge in [0.25, 0.3) is 0 Å². The highest BCUT2D eigenvalue weighted by atomic mass is 19.1. The molecule has 0 spiro atoms. The summed E-state index contributed by atoms with van der Waals surface area (Å²) in [5.41, 5.74) is 0.776. The summed E-state index contributed by atoms with van der Waals surface area (Å²) in [6, 6.07) is 0. The van der Waals surface area contributed by atoms with Crippen molar-refractivity contribution in [2.24, 2.45) is 11.8 Å². The van der Waals surface area contributed by atoms with Crippen molar-refractivity contribution in [3.05, 3.63) is 12.2 Å². The summed E-state index contributed by atoms with van der Waals surface area (Å²) in [5.74, 6) is 0.390. The fraction of sp³-hybridized carbons (Fsp3) is 0.818. The van der Waals surface area contributed by atoms with Crippen molar-refractivity contribution in [3.63, 3.8) is 0 Å². The minimum atomic E-state index is -0.844. The molecule has 1 fully saturated rings. The maximum Gasteiger partial charge on any atom is 0.123 e. The van der Waals surface area contributed by atoms with Gasteiger partial charge in [-0.2, -0.15) is 0 Å². The molecule has 1 unspecified atom stereocenters. The summed E-state index contributed by atoms with van der Waals surface area (Å²) >= 11 is 0. The van der Waals surface area contributed by atoms with Crippen LogP contribution in [0.3, 0.4) is 0 Å². The number of rotatable bonds is 3. The van der Waals surface area contributed by atoms with E-state index in [2.05, 4.69) is 6.58 Å². The van der Waals surface area contributed by atoms with Crippen LogP contribution in [0, 0.1) is 11.8 Å². The molecule has 0 saturated carbocycles. The lowest BCUT2D eigenvalue weighted by molar-refractivity contribution is 0.0705. The van der Waals surface area contributed by atoms with Crippen LogP contribution in [0.1, 0.15) is 26.7 Å². The van der Waals surface area contributed by atoms with Crippen molar-refractivity contribution in [1.82, 2.24) is 0 Å². The SMILES string of the molecule is C=C(C1CCOCC1)C(F)C(C)C. The van der Waals surface area contributed by atoms with Crippen LogP contribution in [-0.4, -0.2) is 19.4 Å². The Morgan fingerprint density at radius 1 is 1.38 bits per heavy atom. The van der Waals surface area contributed by atoms with E-state index in [0.717, 1.165) is 31.6 Å². The van der Waals surface area contributed by atoms with Gasteiger partial charge in [-0.25, -0.2) is 4.39 Å². The second-order valence-electron chi connectivity index (χ2n) is 4.11. The second-order valence-corrected chi connectivity index (χ2v) is 4.11. The topological polar surface area (TPSA) is 9.23 Å². The minimum Gasteiger partial charge on any atom is -0.381 e. The van der Waals surface area contributed by atoms with Crippen molar-refractivity contribution in [3.8, 4) is 0 Å². The molecule has 0 radical (unpaired) electrons. The molecular weight excluding hydrogens is 167 g/mol. The van der Waals surface area contributed by atoms with Crippen LogP contribution in [0.15, 0.2) is 12.2 Å². The summed E-state index contributed by atoms with van der Waals surface area (Å²) in [5, 5.41) is 0. The van der Waals surface area contributed by atoms with Crippen LogP contribution in [0.4, 0.5) is 4.39 Å². The van der Waals surface area contributed by atoms with E-state index in [9.17, 15) is 4.39 Å². The summed E-state index contributed by atoms with van der Waals surface area (Å²) in [7, 11) is 0. The van der Waals surface area contributed by atoms with Gasteiger partial charge in [0.2, 0.25) is 0 Å². The average molecular weight is 186 g/mol. The quantitative estimate of drug-likeness (QED) is 0.616. The molecule has 0 aliphatic carbocycles. The van der Waals surface area contributed by atoms with Gasteiger partial charge in [-0.1, -0.05) is 20.4 Å². The molecule has 1 heterocycles.